The van der Waals surface area contributed by atoms with Gasteiger partial charge in [-0.2, -0.15) is 0 Å². The van der Waals surface area contributed by atoms with E-state index < -0.39 is 0 Å². The SMILES string of the molecule is CC(C)(C)C(=O)NCCCCCCCl. The van der Waals surface area contributed by atoms with Crippen LogP contribution in [-0.4, -0.2) is 18.3 Å². The number of rotatable bonds is 6. The van der Waals surface area contributed by atoms with Crippen LogP contribution in [0.5, 0.6) is 0 Å². The van der Waals surface area contributed by atoms with Crippen molar-refractivity contribution in [2.24, 2.45) is 5.41 Å². The number of amides is 1. The van der Waals surface area contributed by atoms with E-state index in [1.807, 2.05) is 20.8 Å². The molecule has 1 N–H and O–H groups in total. The largest absolute Gasteiger partial charge is 0.356 e. The molecule has 1 amide bonds. The van der Waals surface area contributed by atoms with Crippen molar-refractivity contribution in [1.29, 1.82) is 0 Å². The maximum Gasteiger partial charge on any atom is 0.225 e. The maximum absolute atomic E-state index is 11.4. The highest BCUT2D eigenvalue weighted by molar-refractivity contribution is 6.17. The lowest BCUT2D eigenvalue weighted by molar-refractivity contribution is -0.128. The highest BCUT2D eigenvalue weighted by Gasteiger charge is 2.19. The van der Waals surface area contributed by atoms with Crippen LogP contribution in [0.2, 0.25) is 0 Å². The highest BCUT2D eigenvalue weighted by Crippen LogP contribution is 2.12. The number of hydrogen-bond acceptors (Lipinski definition) is 1. The predicted molar refractivity (Wildman–Crippen MR) is 61.7 cm³/mol. The molecule has 0 aromatic heterocycles. The molecule has 0 aliphatic carbocycles. The Morgan fingerprint density at radius 2 is 1.71 bits per heavy atom. The van der Waals surface area contributed by atoms with Gasteiger partial charge in [0, 0.05) is 17.8 Å². The van der Waals surface area contributed by atoms with Gasteiger partial charge >= 0.3 is 0 Å². The molecule has 0 radical (unpaired) electrons. The second-order valence-corrected chi connectivity index (χ2v) is 4.99. The first-order valence-corrected chi connectivity index (χ1v) is 5.86. The van der Waals surface area contributed by atoms with Gasteiger partial charge in [0.1, 0.15) is 0 Å². The summed E-state index contributed by atoms with van der Waals surface area (Å²) in [6.45, 7) is 6.57. The summed E-state index contributed by atoms with van der Waals surface area (Å²) >= 11 is 5.55. The van der Waals surface area contributed by atoms with Gasteiger partial charge in [-0.3, -0.25) is 4.79 Å². The predicted octanol–water partition coefficient (Wildman–Crippen LogP) is 2.95. The van der Waals surface area contributed by atoms with Crippen molar-refractivity contribution in [3.8, 4) is 0 Å². The van der Waals surface area contributed by atoms with Crippen LogP contribution in [0.3, 0.4) is 0 Å². The molecule has 0 atom stereocenters. The van der Waals surface area contributed by atoms with E-state index in [2.05, 4.69) is 5.32 Å². The first kappa shape index (κ1) is 13.8. The molecule has 0 bridgehead atoms. The second kappa shape index (κ2) is 7.10. The van der Waals surface area contributed by atoms with Crippen LogP contribution >= 0.6 is 11.6 Å². The first-order valence-electron chi connectivity index (χ1n) is 5.32. The van der Waals surface area contributed by atoms with Crippen LogP contribution in [0.25, 0.3) is 0 Å². The van der Waals surface area contributed by atoms with E-state index in [1.54, 1.807) is 0 Å². The van der Waals surface area contributed by atoms with Crippen LogP contribution < -0.4 is 5.32 Å². The minimum absolute atomic E-state index is 0.134. The minimum atomic E-state index is -0.268. The summed E-state index contributed by atoms with van der Waals surface area (Å²) in [5.41, 5.74) is -0.268. The summed E-state index contributed by atoms with van der Waals surface area (Å²) in [4.78, 5) is 11.4. The van der Waals surface area contributed by atoms with Crippen molar-refractivity contribution >= 4 is 17.5 Å². The maximum atomic E-state index is 11.4. The van der Waals surface area contributed by atoms with Gasteiger partial charge in [-0.25, -0.2) is 0 Å². The molecule has 0 aliphatic heterocycles. The lowest BCUT2D eigenvalue weighted by atomic mass is 9.96. The van der Waals surface area contributed by atoms with Crippen molar-refractivity contribution in [2.45, 2.75) is 46.5 Å². The zero-order valence-electron chi connectivity index (χ0n) is 9.53. The van der Waals surface area contributed by atoms with Gasteiger partial charge in [0.2, 0.25) is 5.91 Å². The molecule has 0 saturated heterocycles. The molecule has 0 aliphatic rings. The molecule has 84 valence electrons. The van der Waals surface area contributed by atoms with E-state index in [0.29, 0.717) is 0 Å². The van der Waals surface area contributed by atoms with Gasteiger partial charge in [-0.15, -0.1) is 11.6 Å². The zero-order chi connectivity index (χ0) is 11.0. The first-order chi connectivity index (χ1) is 6.48. The molecule has 0 aromatic carbocycles. The van der Waals surface area contributed by atoms with Gasteiger partial charge in [-0.05, 0) is 12.8 Å². The van der Waals surface area contributed by atoms with Crippen molar-refractivity contribution in [3.05, 3.63) is 0 Å². The number of unbranched alkanes of at least 4 members (excludes halogenated alkanes) is 3. The fourth-order valence-electron chi connectivity index (χ4n) is 1.04. The molecule has 3 heteroatoms. The smallest absolute Gasteiger partial charge is 0.225 e. The minimum Gasteiger partial charge on any atom is -0.356 e. The number of carbonyl (C=O) groups is 1. The fraction of sp³-hybridized carbons (Fsp3) is 0.909. The summed E-state index contributed by atoms with van der Waals surface area (Å²) in [7, 11) is 0. The van der Waals surface area contributed by atoms with E-state index in [4.69, 9.17) is 11.6 Å². The Labute approximate surface area is 92.4 Å². The van der Waals surface area contributed by atoms with Crippen molar-refractivity contribution in [3.63, 3.8) is 0 Å². The third-order valence-corrected chi connectivity index (χ3v) is 2.29. The summed E-state index contributed by atoms with van der Waals surface area (Å²) < 4.78 is 0. The van der Waals surface area contributed by atoms with Gasteiger partial charge < -0.3 is 5.32 Å². The van der Waals surface area contributed by atoms with Crippen LogP contribution in [0, 0.1) is 5.41 Å². The van der Waals surface area contributed by atoms with E-state index >= 15 is 0 Å². The molecule has 14 heavy (non-hydrogen) atoms. The molecular weight excluding hydrogens is 198 g/mol. The average molecular weight is 220 g/mol. The Balaban J connectivity index is 3.33. The van der Waals surface area contributed by atoms with Gasteiger partial charge in [0.05, 0.1) is 0 Å². The van der Waals surface area contributed by atoms with Crippen molar-refractivity contribution in [2.75, 3.05) is 12.4 Å². The third kappa shape index (κ3) is 7.19. The molecule has 0 unspecified atom stereocenters. The fourth-order valence-corrected chi connectivity index (χ4v) is 1.23. The Kier molecular flexibility index (Phi) is 6.98. The number of hydrogen-bond donors (Lipinski definition) is 1. The standard InChI is InChI=1S/C11H22ClNO/c1-11(2,3)10(14)13-9-7-5-4-6-8-12/h4-9H2,1-3H3,(H,13,14). The number of halogens is 1. The summed E-state index contributed by atoms with van der Waals surface area (Å²) in [5, 5.41) is 2.93. The summed E-state index contributed by atoms with van der Waals surface area (Å²) in [5.74, 6) is 0.879. The molecule has 0 rings (SSSR count). The highest BCUT2D eigenvalue weighted by atomic mass is 35.5. The Bertz CT molecular complexity index is 163. The molecule has 0 heterocycles. The molecule has 0 saturated carbocycles. The molecule has 0 fully saturated rings. The van der Waals surface area contributed by atoms with Crippen LogP contribution in [0.15, 0.2) is 0 Å². The lowest BCUT2D eigenvalue weighted by Gasteiger charge is -2.17. The normalized spacial score (nSPS) is 11.4. The number of nitrogens with one attached hydrogen (secondary N) is 1. The molecular formula is C11H22ClNO. The number of carbonyl (C=O) groups excluding carboxylic acids is 1. The van der Waals surface area contributed by atoms with Crippen LogP contribution in [-0.2, 0) is 4.79 Å². The van der Waals surface area contributed by atoms with E-state index in [9.17, 15) is 4.79 Å². The van der Waals surface area contributed by atoms with E-state index in [-0.39, 0.29) is 11.3 Å². The van der Waals surface area contributed by atoms with Gasteiger partial charge in [0.15, 0.2) is 0 Å². The van der Waals surface area contributed by atoms with Crippen LogP contribution in [0.4, 0.5) is 0 Å². The van der Waals surface area contributed by atoms with Crippen molar-refractivity contribution in [1.82, 2.24) is 5.32 Å². The Morgan fingerprint density at radius 1 is 1.14 bits per heavy atom. The Morgan fingerprint density at radius 3 is 2.21 bits per heavy atom. The zero-order valence-corrected chi connectivity index (χ0v) is 10.3. The van der Waals surface area contributed by atoms with Crippen LogP contribution in [0.1, 0.15) is 46.5 Å². The Hall–Kier alpha value is -0.240. The third-order valence-electron chi connectivity index (χ3n) is 2.03. The molecule has 2 nitrogen and oxygen atoms in total. The van der Waals surface area contributed by atoms with E-state index in [0.717, 1.165) is 38.1 Å². The second-order valence-electron chi connectivity index (χ2n) is 4.61. The lowest BCUT2D eigenvalue weighted by Crippen LogP contribution is -2.35. The monoisotopic (exact) mass is 219 g/mol. The average Bonchev–Trinajstić information content (AvgIpc) is 2.09. The topological polar surface area (TPSA) is 29.1 Å². The van der Waals surface area contributed by atoms with Crippen molar-refractivity contribution < 1.29 is 4.79 Å². The van der Waals surface area contributed by atoms with E-state index in [1.165, 1.54) is 0 Å². The number of alkyl halides is 1. The summed E-state index contributed by atoms with van der Waals surface area (Å²) in [6, 6.07) is 0. The molecule has 0 aromatic rings. The molecule has 0 spiro atoms. The van der Waals surface area contributed by atoms with Gasteiger partial charge in [0.25, 0.3) is 0 Å². The quantitative estimate of drug-likeness (QED) is 0.540. The van der Waals surface area contributed by atoms with Gasteiger partial charge in [-0.1, -0.05) is 33.6 Å². The summed E-state index contributed by atoms with van der Waals surface area (Å²) in [6.07, 6.45) is 4.44.